The number of nitrogens with two attached hydrogens (primary N) is 1. The van der Waals surface area contributed by atoms with E-state index in [1.807, 2.05) is 6.07 Å². The van der Waals surface area contributed by atoms with E-state index in [1.165, 1.54) is 0 Å². The molecule has 1 aliphatic rings. The molecule has 5 nitrogen and oxygen atoms in total. The minimum Gasteiger partial charge on any atom is -0.480 e. The lowest BCUT2D eigenvalue weighted by Gasteiger charge is -2.30. The first-order valence-electron chi connectivity index (χ1n) is 6.28. The van der Waals surface area contributed by atoms with Gasteiger partial charge in [0, 0.05) is 13.1 Å². The number of ether oxygens (including phenoxy) is 1. The molecule has 0 radical (unpaired) electrons. The van der Waals surface area contributed by atoms with Crippen LogP contribution in [0.3, 0.4) is 0 Å². The highest BCUT2D eigenvalue weighted by molar-refractivity contribution is 6.44. The Balaban J connectivity index is 2.22. The number of morpholine rings is 1. The molecule has 1 heterocycles. The summed E-state index contributed by atoms with van der Waals surface area (Å²) in [6.45, 7) is 2.81. The van der Waals surface area contributed by atoms with Crippen LogP contribution >= 0.6 is 23.2 Å². The number of anilines is 1. The predicted octanol–water partition coefficient (Wildman–Crippen LogP) is 1.78. The number of carbonyl (C=O) groups is 1. The van der Waals surface area contributed by atoms with Gasteiger partial charge in [-0.1, -0.05) is 29.3 Å². The van der Waals surface area contributed by atoms with Crippen LogP contribution in [0.25, 0.3) is 0 Å². The van der Waals surface area contributed by atoms with E-state index in [-0.39, 0.29) is 6.42 Å². The number of hydrogen-bond acceptors (Lipinski definition) is 4. The van der Waals surface area contributed by atoms with E-state index in [0.717, 1.165) is 18.8 Å². The number of nitrogens with zero attached hydrogens (tertiary/aromatic N) is 1. The second-order valence-electron chi connectivity index (χ2n) is 4.62. The quantitative estimate of drug-likeness (QED) is 0.885. The molecule has 1 fully saturated rings. The van der Waals surface area contributed by atoms with Crippen molar-refractivity contribution in [2.24, 2.45) is 5.73 Å². The van der Waals surface area contributed by atoms with Gasteiger partial charge in [-0.3, -0.25) is 4.79 Å². The van der Waals surface area contributed by atoms with Gasteiger partial charge < -0.3 is 20.5 Å². The fourth-order valence-electron chi connectivity index (χ4n) is 2.11. The maximum atomic E-state index is 10.8. The fraction of sp³-hybridized carbons (Fsp3) is 0.462. The maximum Gasteiger partial charge on any atom is 0.320 e. The topological polar surface area (TPSA) is 75.8 Å². The fourth-order valence-corrected chi connectivity index (χ4v) is 2.65. The molecule has 1 atom stereocenters. The van der Waals surface area contributed by atoms with Crippen molar-refractivity contribution in [3.8, 4) is 0 Å². The Labute approximate surface area is 127 Å². The number of rotatable bonds is 4. The summed E-state index contributed by atoms with van der Waals surface area (Å²) < 4.78 is 5.29. The van der Waals surface area contributed by atoms with Crippen LogP contribution in [0.1, 0.15) is 5.56 Å². The Kier molecular flexibility index (Phi) is 5.10. The molecule has 0 saturated carbocycles. The monoisotopic (exact) mass is 318 g/mol. The minimum absolute atomic E-state index is 0.150. The zero-order valence-electron chi connectivity index (χ0n) is 10.8. The summed E-state index contributed by atoms with van der Waals surface area (Å²) in [6.07, 6.45) is 0.150. The highest BCUT2D eigenvalue weighted by Crippen LogP contribution is 2.36. The van der Waals surface area contributed by atoms with Crippen molar-refractivity contribution in [3.05, 3.63) is 27.7 Å². The summed E-state index contributed by atoms with van der Waals surface area (Å²) in [7, 11) is 0. The standard InChI is InChI=1S/C13H16Cl2N2O3/c14-11-8(7-9(16)13(18)19)1-2-10(12(11)15)17-3-5-20-6-4-17/h1-2,9H,3-7,16H2,(H,18,19). The highest BCUT2D eigenvalue weighted by atomic mass is 35.5. The Bertz CT molecular complexity index is 505. The molecule has 1 saturated heterocycles. The van der Waals surface area contributed by atoms with Gasteiger partial charge in [0.1, 0.15) is 6.04 Å². The van der Waals surface area contributed by atoms with Crippen LogP contribution in [0.2, 0.25) is 10.0 Å². The van der Waals surface area contributed by atoms with Crippen LogP contribution in [0.5, 0.6) is 0 Å². The summed E-state index contributed by atoms with van der Waals surface area (Å²) in [4.78, 5) is 12.9. The molecule has 1 unspecified atom stereocenters. The Hall–Kier alpha value is -1.01. The molecule has 1 aromatic carbocycles. The Morgan fingerprint density at radius 2 is 2.00 bits per heavy atom. The van der Waals surface area contributed by atoms with Crippen molar-refractivity contribution in [1.82, 2.24) is 0 Å². The number of benzene rings is 1. The first-order chi connectivity index (χ1) is 9.50. The zero-order valence-corrected chi connectivity index (χ0v) is 12.3. The molecule has 0 aliphatic carbocycles. The van der Waals surface area contributed by atoms with Gasteiger partial charge in [-0.15, -0.1) is 0 Å². The molecule has 2 rings (SSSR count). The van der Waals surface area contributed by atoms with Gasteiger partial charge in [-0.05, 0) is 18.1 Å². The molecule has 1 aliphatic heterocycles. The SMILES string of the molecule is NC(Cc1ccc(N2CCOCC2)c(Cl)c1Cl)C(=O)O. The predicted molar refractivity (Wildman–Crippen MR) is 78.8 cm³/mol. The number of hydrogen-bond donors (Lipinski definition) is 2. The maximum absolute atomic E-state index is 10.8. The van der Waals surface area contributed by atoms with Gasteiger partial charge in [0.2, 0.25) is 0 Å². The Morgan fingerprint density at radius 3 is 2.60 bits per heavy atom. The van der Waals surface area contributed by atoms with Crippen LogP contribution in [-0.4, -0.2) is 43.4 Å². The van der Waals surface area contributed by atoms with Gasteiger partial charge in [-0.2, -0.15) is 0 Å². The third kappa shape index (κ3) is 3.35. The number of aliphatic carboxylic acids is 1. The van der Waals surface area contributed by atoms with Crippen LogP contribution in [-0.2, 0) is 16.0 Å². The molecule has 0 bridgehead atoms. The summed E-state index contributed by atoms with van der Waals surface area (Å²) in [5, 5.41) is 9.64. The average molecular weight is 319 g/mol. The van der Waals surface area contributed by atoms with Crippen LogP contribution < -0.4 is 10.6 Å². The average Bonchev–Trinajstić information content (AvgIpc) is 2.45. The summed E-state index contributed by atoms with van der Waals surface area (Å²) >= 11 is 12.5. The van der Waals surface area contributed by atoms with Crippen LogP contribution in [0.15, 0.2) is 12.1 Å². The molecule has 1 aromatic rings. The van der Waals surface area contributed by atoms with E-state index in [2.05, 4.69) is 4.90 Å². The van der Waals surface area contributed by atoms with Gasteiger partial charge in [0.05, 0.1) is 28.9 Å². The first-order valence-corrected chi connectivity index (χ1v) is 7.04. The van der Waals surface area contributed by atoms with E-state index < -0.39 is 12.0 Å². The molecule has 20 heavy (non-hydrogen) atoms. The molecule has 0 spiro atoms. The van der Waals surface area contributed by atoms with Gasteiger partial charge in [0.15, 0.2) is 0 Å². The van der Waals surface area contributed by atoms with Crippen molar-refractivity contribution >= 4 is 34.9 Å². The van der Waals surface area contributed by atoms with Crippen molar-refractivity contribution < 1.29 is 14.6 Å². The molecule has 0 aromatic heterocycles. The van der Waals surface area contributed by atoms with Crippen molar-refractivity contribution in [2.75, 3.05) is 31.2 Å². The van der Waals surface area contributed by atoms with E-state index in [0.29, 0.717) is 28.8 Å². The smallest absolute Gasteiger partial charge is 0.320 e. The lowest BCUT2D eigenvalue weighted by atomic mass is 10.1. The second kappa shape index (κ2) is 6.63. The third-order valence-corrected chi connectivity index (χ3v) is 4.16. The molecule has 110 valence electrons. The van der Waals surface area contributed by atoms with Crippen LogP contribution in [0.4, 0.5) is 5.69 Å². The Morgan fingerprint density at radius 1 is 1.35 bits per heavy atom. The van der Waals surface area contributed by atoms with E-state index in [9.17, 15) is 4.79 Å². The summed E-state index contributed by atoms with van der Waals surface area (Å²) in [6, 6.07) is 2.64. The van der Waals surface area contributed by atoms with Crippen LogP contribution in [0, 0.1) is 0 Å². The number of halogens is 2. The van der Waals surface area contributed by atoms with E-state index in [4.69, 9.17) is 38.8 Å². The first kappa shape index (κ1) is 15.4. The summed E-state index contributed by atoms with van der Waals surface area (Å²) in [5.41, 5.74) is 7.00. The molecule has 3 N–H and O–H groups in total. The van der Waals surface area contributed by atoms with Crippen molar-refractivity contribution in [1.29, 1.82) is 0 Å². The zero-order chi connectivity index (χ0) is 14.7. The molecule has 7 heteroatoms. The van der Waals surface area contributed by atoms with Crippen molar-refractivity contribution in [2.45, 2.75) is 12.5 Å². The van der Waals surface area contributed by atoms with Gasteiger partial charge in [0.25, 0.3) is 0 Å². The van der Waals surface area contributed by atoms with E-state index >= 15 is 0 Å². The van der Waals surface area contributed by atoms with Gasteiger partial charge in [-0.25, -0.2) is 0 Å². The summed E-state index contributed by atoms with van der Waals surface area (Å²) in [5.74, 6) is -1.06. The second-order valence-corrected chi connectivity index (χ2v) is 5.38. The molecular weight excluding hydrogens is 303 g/mol. The molecule has 0 amide bonds. The third-order valence-electron chi connectivity index (χ3n) is 3.25. The largest absolute Gasteiger partial charge is 0.480 e. The van der Waals surface area contributed by atoms with Gasteiger partial charge >= 0.3 is 5.97 Å². The number of carboxylic acid groups (broad SMARTS) is 1. The number of carboxylic acids is 1. The highest BCUT2D eigenvalue weighted by Gasteiger charge is 2.20. The lowest BCUT2D eigenvalue weighted by Crippen LogP contribution is -2.36. The normalized spacial score (nSPS) is 17.1. The minimum atomic E-state index is -1.06. The van der Waals surface area contributed by atoms with Crippen molar-refractivity contribution in [3.63, 3.8) is 0 Å². The van der Waals surface area contributed by atoms with E-state index in [1.54, 1.807) is 6.07 Å². The molecular formula is C13H16Cl2N2O3. The lowest BCUT2D eigenvalue weighted by molar-refractivity contribution is -0.138.